The summed E-state index contributed by atoms with van der Waals surface area (Å²) in [4.78, 5) is 1.42. The average molecular weight is 207 g/mol. The van der Waals surface area contributed by atoms with Crippen molar-refractivity contribution < 1.29 is 4.74 Å². The fourth-order valence-corrected chi connectivity index (χ4v) is 3.08. The second kappa shape index (κ2) is 3.72. The Morgan fingerprint density at radius 1 is 1.64 bits per heavy atom. The van der Waals surface area contributed by atoms with Crippen LogP contribution >= 0.6 is 11.3 Å². The minimum absolute atomic E-state index is 0.161. The van der Waals surface area contributed by atoms with Crippen LogP contribution in [0, 0.1) is 18.3 Å². The predicted molar refractivity (Wildman–Crippen MR) is 56.4 cm³/mol. The van der Waals surface area contributed by atoms with Crippen LogP contribution in [-0.4, -0.2) is 13.2 Å². The molecule has 14 heavy (non-hydrogen) atoms. The Kier molecular flexibility index (Phi) is 2.58. The molecule has 0 atom stereocenters. The van der Waals surface area contributed by atoms with Gasteiger partial charge in [-0.3, -0.25) is 0 Å². The van der Waals surface area contributed by atoms with Gasteiger partial charge in [-0.2, -0.15) is 5.26 Å². The number of hydrogen-bond acceptors (Lipinski definition) is 3. The molecule has 2 nitrogen and oxygen atoms in total. The van der Waals surface area contributed by atoms with Crippen LogP contribution in [0.5, 0.6) is 0 Å². The highest BCUT2D eigenvalue weighted by atomic mass is 32.1. The van der Waals surface area contributed by atoms with Crippen molar-refractivity contribution >= 4 is 11.3 Å². The second-order valence-electron chi connectivity index (χ2n) is 3.86. The Hall–Kier alpha value is -0.850. The third-order valence-electron chi connectivity index (χ3n) is 2.82. The van der Waals surface area contributed by atoms with Gasteiger partial charge < -0.3 is 4.74 Å². The molecule has 0 aliphatic carbocycles. The van der Waals surface area contributed by atoms with E-state index in [1.165, 1.54) is 10.4 Å². The van der Waals surface area contributed by atoms with E-state index in [1.807, 2.05) is 0 Å². The fourth-order valence-electron chi connectivity index (χ4n) is 1.95. The number of aryl methyl sites for hydroxylation is 1. The van der Waals surface area contributed by atoms with Crippen LogP contribution in [0.3, 0.4) is 0 Å². The van der Waals surface area contributed by atoms with E-state index in [4.69, 9.17) is 10.00 Å². The zero-order valence-electron chi connectivity index (χ0n) is 8.25. The van der Waals surface area contributed by atoms with Gasteiger partial charge in [-0.05, 0) is 30.4 Å². The Balaban J connectivity index is 2.21. The largest absolute Gasteiger partial charge is 0.379 e. The van der Waals surface area contributed by atoms with Crippen molar-refractivity contribution in [2.45, 2.75) is 25.2 Å². The third kappa shape index (κ3) is 1.45. The summed E-state index contributed by atoms with van der Waals surface area (Å²) in [6.45, 7) is 3.71. The number of nitriles is 1. The number of thiophene rings is 1. The zero-order valence-corrected chi connectivity index (χ0v) is 9.06. The monoisotopic (exact) mass is 207 g/mol. The van der Waals surface area contributed by atoms with Gasteiger partial charge in [0.15, 0.2) is 0 Å². The van der Waals surface area contributed by atoms with E-state index >= 15 is 0 Å². The highest BCUT2D eigenvalue weighted by Crippen LogP contribution is 2.41. The minimum atomic E-state index is 0.161. The van der Waals surface area contributed by atoms with Gasteiger partial charge in [-0.25, -0.2) is 0 Å². The molecule has 2 rings (SSSR count). The van der Waals surface area contributed by atoms with Gasteiger partial charge >= 0.3 is 0 Å². The van der Waals surface area contributed by atoms with Crippen molar-refractivity contribution in [1.29, 1.82) is 5.26 Å². The smallest absolute Gasteiger partial charge is 0.0622 e. The first-order chi connectivity index (χ1) is 6.78. The van der Waals surface area contributed by atoms with E-state index in [-0.39, 0.29) is 5.41 Å². The van der Waals surface area contributed by atoms with Gasteiger partial charge in [0.2, 0.25) is 0 Å². The van der Waals surface area contributed by atoms with Gasteiger partial charge in [-0.1, -0.05) is 0 Å². The van der Waals surface area contributed by atoms with Crippen LogP contribution in [0.1, 0.15) is 23.3 Å². The molecule has 1 fully saturated rings. The lowest BCUT2D eigenvalue weighted by atomic mass is 9.78. The molecule has 1 aliphatic heterocycles. The van der Waals surface area contributed by atoms with Gasteiger partial charge in [0.05, 0.1) is 24.7 Å². The molecule has 0 radical (unpaired) electrons. The maximum absolute atomic E-state index is 8.63. The van der Waals surface area contributed by atoms with Gasteiger partial charge in [0.1, 0.15) is 0 Å². The van der Waals surface area contributed by atoms with Crippen molar-refractivity contribution in [2.24, 2.45) is 0 Å². The molecule has 0 saturated carbocycles. The summed E-state index contributed by atoms with van der Waals surface area (Å²) in [5, 5.41) is 10.8. The number of hydrogen-bond donors (Lipinski definition) is 0. The van der Waals surface area contributed by atoms with Gasteiger partial charge in [0.25, 0.3) is 0 Å². The first kappa shape index (κ1) is 9.70. The summed E-state index contributed by atoms with van der Waals surface area (Å²) < 4.78 is 5.31. The highest BCUT2D eigenvalue weighted by molar-refractivity contribution is 7.10. The molecule has 1 saturated heterocycles. The normalized spacial score (nSPS) is 18.6. The molecule has 0 bridgehead atoms. The summed E-state index contributed by atoms with van der Waals surface area (Å²) >= 11 is 1.79. The van der Waals surface area contributed by atoms with Gasteiger partial charge in [0, 0.05) is 11.3 Å². The van der Waals surface area contributed by atoms with Crippen molar-refractivity contribution in [3.05, 3.63) is 21.9 Å². The van der Waals surface area contributed by atoms with E-state index in [2.05, 4.69) is 24.4 Å². The molecular weight excluding hydrogens is 194 g/mol. The standard InChI is InChI=1S/C11H13NOS/c1-9-3-6-14-10(9)11(4-2-5-12)7-13-8-11/h3,6H,2,4,7-8H2,1H3. The minimum Gasteiger partial charge on any atom is -0.379 e. The predicted octanol–water partition coefficient (Wildman–Crippen LogP) is 2.63. The van der Waals surface area contributed by atoms with E-state index in [0.29, 0.717) is 6.42 Å². The van der Waals surface area contributed by atoms with Crippen LogP contribution < -0.4 is 0 Å². The summed E-state index contributed by atoms with van der Waals surface area (Å²) in [6, 6.07) is 4.37. The molecular formula is C11H13NOS. The Bertz CT molecular complexity index is 360. The van der Waals surface area contributed by atoms with E-state index in [0.717, 1.165) is 19.6 Å². The molecule has 3 heteroatoms. The first-order valence-corrected chi connectivity index (χ1v) is 5.66. The van der Waals surface area contributed by atoms with Crippen LogP contribution in [0.15, 0.2) is 11.4 Å². The summed E-state index contributed by atoms with van der Waals surface area (Å²) in [7, 11) is 0. The van der Waals surface area contributed by atoms with E-state index in [1.54, 1.807) is 11.3 Å². The quantitative estimate of drug-likeness (QED) is 0.763. The van der Waals surface area contributed by atoms with Crippen molar-refractivity contribution in [2.75, 3.05) is 13.2 Å². The molecule has 2 heterocycles. The van der Waals surface area contributed by atoms with Crippen LogP contribution in [0.4, 0.5) is 0 Å². The fraction of sp³-hybridized carbons (Fsp3) is 0.545. The summed E-state index contributed by atoms with van der Waals surface area (Å²) in [6.07, 6.45) is 1.56. The van der Waals surface area contributed by atoms with Crippen molar-refractivity contribution in [3.8, 4) is 6.07 Å². The molecule has 74 valence electrons. The summed E-state index contributed by atoms with van der Waals surface area (Å²) in [5.74, 6) is 0. The first-order valence-electron chi connectivity index (χ1n) is 4.78. The van der Waals surface area contributed by atoms with Gasteiger partial charge in [-0.15, -0.1) is 11.3 Å². The number of rotatable bonds is 3. The second-order valence-corrected chi connectivity index (χ2v) is 4.78. The average Bonchev–Trinajstić information content (AvgIpc) is 2.51. The maximum atomic E-state index is 8.63. The SMILES string of the molecule is Cc1ccsc1C1(CCC#N)COC1. The van der Waals surface area contributed by atoms with Crippen molar-refractivity contribution in [1.82, 2.24) is 0 Å². The lowest BCUT2D eigenvalue weighted by Crippen LogP contribution is -2.46. The van der Waals surface area contributed by atoms with Crippen LogP contribution in [0.2, 0.25) is 0 Å². The van der Waals surface area contributed by atoms with Crippen molar-refractivity contribution in [3.63, 3.8) is 0 Å². The number of ether oxygens (including phenoxy) is 1. The topological polar surface area (TPSA) is 33.0 Å². The Morgan fingerprint density at radius 3 is 2.86 bits per heavy atom. The Morgan fingerprint density at radius 2 is 2.43 bits per heavy atom. The zero-order chi connectivity index (χ0) is 10.0. The maximum Gasteiger partial charge on any atom is 0.0622 e. The molecule has 1 aliphatic rings. The molecule has 0 aromatic carbocycles. The third-order valence-corrected chi connectivity index (χ3v) is 4.08. The lowest BCUT2D eigenvalue weighted by molar-refractivity contribution is -0.0620. The Labute approximate surface area is 88.1 Å². The molecule has 1 aromatic rings. The van der Waals surface area contributed by atoms with Crippen LogP contribution in [-0.2, 0) is 10.2 Å². The molecule has 0 spiro atoms. The van der Waals surface area contributed by atoms with E-state index < -0.39 is 0 Å². The van der Waals surface area contributed by atoms with Crippen LogP contribution in [0.25, 0.3) is 0 Å². The number of nitrogens with zero attached hydrogens (tertiary/aromatic N) is 1. The summed E-state index contributed by atoms with van der Waals surface area (Å²) in [5.41, 5.74) is 1.50. The lowest BCUT2D eigenvalue weighted by Gasteiger charge is -2.41. The van der Waals surface area contributed by atoms with E-state index in [9.17, 15) is 0 Å². The molecule has 0 amide bonds. The molecule has 1 aromatic heterocycles. The highest BCUT2D eigenvalue weighted by Gasteiger charge is 2.41. The molecule has 0 N–H and O–H groups in total. The molecule has 0 unspecified atom stereocenters.